The van der Waals surface area contributed by atoms with Gasteiger partial charge in [0.1, 0.15) is 0 Å². The van der Waals surface area contributed by atoms with Gasteiger partial charge in [-0.05, 0) is 0 Å². The maximum Gasteiger partial charge on any atom is -1.00 e. The van der Waals surface area contributed by atoms with Gasteiger partial charge >= 0.3 is 60.2 Å². The second-order valence-electron chi connectivity index (χ2n) is 2.04. The van der Waals surface area contributed by atoms with Crippen LogP contribution in [0.2, 0.25) is 0 Å². The fourth-order valence-electron chi connectivity index (χ4n) is 0.686. The summed E-state index contributed by atoms with van der Waals surface area (Å²) in [6.07, 6.45) is 2.51. The molecule has 0 aromatic rings. The first kappa shape index (κ1) is 17.2. The standard InChI is InChI=1S/C6H14N.Al.2ClH/c1-3-5-7-6-4-2;;;/h3-6H2,1-2H3;;2*1H/q-1;+3;;/p-2. The Hall–Kier alpha value is 1.07. The second-order valence-corrected chi connectivity index (χ2v) is 2.77. The maximum atomic E-state index is 2.73. The van der Waals surface area contributed by atoms with Crippen LogP contribution in [0.25, 0.3) is 0 Å². The van der Waals surface area contributed by atoms with Crippen molar-refractivity contribution in [1.82, 2.24) is 3.88 Å². The van der Waals surface area contributed by atoms with Crippen molar-refractivity contribution < 1.29 is 24.8 Å². The van der Waals surface area contributed by atoms with Gasteiger partial charge in [-0.25, -0.2) is 0 Å². The molecule has 0 aliphatic carbocycles. The Morgan fingerprint density at radius 3 is 1.50 bits per heavy atom. The van der Waals surface area contributed by atoms with Crippen LogP contribution in [0.1, 0.15) is 26.7 Å². The van der Waals surface area contributed by atoms with Crippen molar-refractivity contribution in [3.63, 3.8) is 0 Å². The van der Waals surface area contributed by atoms with Crippen LogP contribution in [0.4, 0.5) is 0 Å². The molecule has 0 atom stereocenters. The zero-order valence-corrected chi connectivity index (χ0v) is 9.28. The van der Waals surface area contributed by atoms with Crippen molar-refractivity contribution in [3.05, 3.63) is 0 Å². The fraction of sp³-hybridized carbons (Fsp3) is 1.00. The molecule has 4 heteroatoms. The predicted molar refractivity (Wildman–Crippen MR) is 37.9 cm³/mol. The minimum atomic E-state index is 0. The summed E-state index contributed by atoms with van der Waals surface area (Å²) < 4.78 is 2.28. The van der Waals surface area contributed by atoms with Gasteiger partial charge in [-0.15, -0.1) is 0 Å². The van der Waals surface area contributed by atoms with Crippen LogP contribution in [-0.2, 0) is 0 Å². The van der Waals surface area contributed by atoms with E-state index in [9.17, 15) is 0 Å². The molecule has 0 aromatic heterocycles. The Morgan fingerprint density at radius 1 is 1.00 bits per heavy atom. The van der Waals surface area contributed by atoms with Crippen LogP contribution in [0.5, 0.6) is 0 Å². The molecule has 0 N–H and O–H groups in total. The SMILES string of the molecule is CCC[N]([Al+2])CCC.[Cl-].[Cl-]. The topological polar surface area (TPSA) is 3.24 Å². The number of rotatable bonds is 4. The minimum absolute atomic E-state index is 0. The van der Waals surface area contributed by atoms with Crippen molar-refractivity contribution in [2.75, 3.05) is 13.1 Å². The Labute approximate surface area is 85.0 Å². The predicted octanol–water partition coefficient (Wildman–Crippen LogP) is -4.80. The Balaban J connectivity index is -0.000000245. The number of nitrogens with zero attached hydrogens (tertiary/aromatic N) is 1. The molecule has 0 rings (SSSR count). The van der Waals surface area contributed by atoms with E-state index in [-0.39, 0.29) is 24.8 Å². The summed E-state index contributed by atoms with van der Waals surface area (Å²) in [5, 5.41) is 0. The van der Waals surface area contributed by atoms with Crippen molar-refractivity contribution >= 4 is 16.5 Å². The van der Waals surface area contributed by atoms with E-state index < -0.39 is 0 Å². The molecule has 0 bridgehead atoms. The van der Waals surface area contributed by atoms with E-state index in [0.717, 1.165) is 0 Å². The molecular weight excluding hydrogens is 184 g/mol. The van der Waals surface area contributed by atoms with Crippen LogP contribution in [0.3, 0.4) is 0 Å². The summed E-state index contributed by atoms with van der Waals surface area (Å²) in [5.41, 5.74) is 0. The third-order valence-corrected chi connectivity index (χ3v) is 1.54. The molecule has 1 nitrogen and oxygen atoms in total. The summed E-state index contributed by atoms with van der Waals surface area (Å²) in [5.74, 6) is 0. The van der Waals surface area contributed by atoms with E-state index in [1.807, 2.05) is 0 Å². The molecule has 0 aliphatic rings. The average Bonchev–Trinajstić information content (AvgIpc) is 1.68. The molecule has 0 fully saturated rings. The molecule has 60 valence electrons. The van der Waals surface area contributed by atoms with Crippen LogP contribution >= 0.6 is 0 Å². The van der Waals surface area contributed by atoms with Crippen LogP contribution in [0.15, 0.2) is 0 Å². The molecule has 0 spiro atoms. The van der Waals surface area contributed by atoms with Gasteiger partial charge in [0.2, 0.25) is 0 Å². The van der Waals surface area contributed by atoms with E-state index in [0.29, 0.717) is 0 Å². The minimum Gasteiger partial charge on any atom is -1.00 e. The van der Waals surface area contributed by atoms with Gasteiger partial charge in [0, 0.05) is 0 Å². The summed E-state index contributed by atoms with van der Waals surface area (Å²) >= 11 is 2.73. The molecule has 0 heterocycles. The van der Waals surface area contributed by atoms with Gasteiger partial charge in [0.15, 0.2) is 0 Å². The van der Waals surface area contributed by atoms with Gasteiger partial charge in [0.05, 0.1) is 0 Å². The second kappa shape index (κ2) is 12.7. The summed E-state index contributed by atoms with van der Waals surface area (Å²) in [6, 6.07) is 0. The molecule has 0 radical (unpaired) electrons. The molecule has 0 amide bonds. The Morgan fingerprint density at radius 2 is 1.30 bits per heavy atom. The first-order valence-corrected chi connectivity index (χ1v) is 3.82. The van der Waals surface area contributed by atoms with E-state index in [2.05, 4.69) is 34.2 Å². The number of halogens is 2. The van der Waals surface area contributed by atoms with Gasteiger partial charge in [0.25, 0.3) is 0 Å². The summed E-state index contributed by atoms with van der Waals surface area (Å²) in [6.45, 7) is 6.82. The summed E-state index contributed by atoms with van der Waals surface area (Å²) in [4.78, 5) is 0. The maximum absolute atomic E-state index is 2.73. The Kier molecular flexibility index (Phi) is 21.9. The summed E-state index contributed by atoms with van der Waals surface area (Å²) in [7, 11) is 0. The molecule has 0 saturated heterocycles. The zero-order valence-electron chi connectivity index (χ0n) is 6.61. The first-order chi connectivity index (χ1) is 3.81. The van der Waals surface area contributed by atoms with Crippen LogP contribution < -0.4 is 24.8 Å². The monoisotopic (exact) mass is 197 g/mol. The normalized spacial score (nSPS) is 8.50. The van der Waals surface area contributed by atoms with Gasteiger partial charge < -0.3 is 24.8 Å². The van der Waals surface area contributed by atoms with Crippen molar-refractivity contribution in [2.24, 2.45) is 0 Å². The van der Waals surface area contributed by atoms with Gasteiger partial charge in [-0.1, -0.05) is 0 Å². The van der Waals surface area contributed by atoms with Crippen molar-refractivity contribution in [2.45, 2.75) is 26.7 Å². The largest absolute Gasteiger partial charge is 1.00 e. The molecule has 0 saturated carbocycles. The van der Waals surface area contributed by atoms with E-state index in [4.69, 9.17) is 0 Å². The average molecular weight is 198 g/mol. The van der Waals surface area contributed by atoms with Gasteiger partial charge in [-0.3, -0.25) is 0 Å². The smallest absolute Gasteiger partial charge is 1.00 e. The molecule has 0 aromatic carbocycles. The van der Waals surface area contributed by atoms with Gasteiger partial charge in [-0.2, -0.15) is 0 Å². The fourth-order valence-corrected chi connectivity index (χ4v) is 1.20. The zero-order chi connectivity index (χ0) is 6.41. The van der Waals surface area contributed by atoms with Crippen molar-refractivity contribution in [3.8, 4) is 0 Å². The van der Waals surface area contributed by atoms with Crippen LogP contribution in [-0.4, -0.2) is 33.5 Å². The quantitative estimate of drug-likeness (QED) is 0.410. The first-order valence-electron chi connectivity index (χ1n) is 3.30. The Bertz CT molecular complexity index is 49.0. The third-order valence-electron chi connectivity index (χ3n) is 1.02. The molecule has 0 unspecified atom stereocenters. The third kappa shape index (κ3) is 11.8. The molecule has 10 heavy (non-hydrogen) atoms. The number of hydrogen-bond acceptors (Lipinski definition) is 1. The van der Waals surface area contributed by atoms with E-state index in [1.54, 1.807) is 0 Å². The van der Waals surface area contributed by atoms with Crippen LogP contribution in [0, 0.1) is 0 Å². The molecule has 0 aliphatic heterocycles. The van der Waals surface area contributed by atoms with E-state index >= 15 is 0 Å². The van der Waals surface area contributed by atoms with E-state index in [1.165, 1.54) is 25.9 Å². The molecular formula is C6H14AlCl2N. The number of hydrogen-bond donors (Lipinski definition) is 0. The van der Waals surface area contributed by atoms with Crippen molar-refractivity contribution in [1.29, 1.82) is 0 Å².